The number of nitrogens with one attached hydrogen (secondary N) is 3. The molecular weight excluding hydrogens is 558 g/mol. The van der Waals surface area contributed by atoms with E-state index in [1.54, 1.807) is 24.3 Å². The fourth-order valence-corrected chi connectivity index (χ4v) is 5.58. The van der Waals surface area contributed by atoms with Crippen LogP contribution in [0, 0.1) is 13.8 Å². The SMILES string of the molecule is Cc1[nH]c(C=C2C(=O)Nc3ccc(C(=O)NC(C)c4cccc(Br)c4)cc32)c(C)c1C(=O)N1CCN(C)CC1. The van der Waals surface area contributed by atoms with Crippen LogP contribution in [0.3, 0.4) is 0 Å². The van der Waals surface area contributed by atoms with Crippen LogP contribution in [-0.2, 0) is 4.79 Å². The van der Waals surface area contributed by atoms with Crippen LogP contribution in [0.4, 0.5) is 5.69 Å². The number of nitrogens with zero attached hydrogens (tertiary/aromatic N) is 2. The third-order valence-electron chi connectivity index (χ3n) is 7.53. The molecule has 2 aliphatic heterocycles. The van der Waals surface area contributed by atoms with Crippen molar-refractivity contribution in [2.45, 2.75) is 26.8 Å². The number of rotatable bonds is 5. The smallest absolute Gasteiger partial charge is 0.256 e. The van der Waals surface area contributed by atoms with Gasteiger partial charge in [-0.2, -0.15) is 0 Å². The zero-order valence-corrected chi connectivity index (χ0v) is 24.1. The van der Waals surface area contributed by atoms with E-state index in [0.29, 0.717) is 46.7 Å². The van der Waals surface area contributed by atoms with Gasteiger partial charge in [-0.1, -0.05) is 28.1 Å². The Labute approximate surface area is 236 Å². The van der Waals surface area contributed by atoms with Crippen LogP contribution in [0.1, 0.15) is 61.8 Å². The Balaban J connectivity index is 1.41. The Hall–Kier alpha value is -3.69. The molecule has 202 valence electrons. The molecule has 1 atom stereocenters. The van der Waals surface area contributed by atoms with Crippen LogP contribution in [0.15, 0.2) is 46.9 Å². The third kappa shape index (κ3) is 5.42. The number of hydrogen-bond donors (Lipinski definition) is 3. The van der Waals surface area contributed by atoms with E-state index >= 15 is 0 Å². The summed E-state index contributed by atoms with van der Waals surface area (Å²) >= 11 is 3.47. The van der Waals surface area contributed by atoms with Gasteiger partial charge in [0.05, 0.1) is 17.2 Å². The fraction of sp³-hybridized carbons (Fsp3) is 0.300. The molecular formula is C30H32BrN5O3. The van der Waals surface area contributed by atoms with Gasteiger partial charge in [0.2, 0.25) is 0 Å². The second-order valence-corrected chi connectivity index (χ2v) is 11.2. The van der Waals surface area contributed by atoms with Gasteiger partial charge in [-0.25, -0.2) is 0 Å². The number of halogens is 1. The van der Waals surface area contributed by atoms with Crippen molar-refractivity contribution in [3.8, 4) is 0 Å². The quantitative estimate of drug-likeness (QED) is 0.374. The first kappa shape index (κ1) is 26.9. The number of amides is 3. The minimum atomic E-state index is -0.247. The van der Waals surface area contributed by atoms with E-state index in [1.807, 2.05) is 49.9 Å². The molecule has 0 saturated carbocycles. The molecule has 3 heterocycles. The van der Waals surface area contributed by atoms with Crippen LogP contribution in [0.25, 0.3) is 11.6 Å². The van der Waals surface area contributed by atoms with Gasteiger partial charge < -0.3 is 25.4 Å². The lowest BCUT2D eigenvalue weighted by Gasteiger charge is -2.32. The summed E-state index contributed by atoms with van der Waals surface area (Å²) in [5.41, 5.74) is 6.14. The third-order valence-corrected chi connectivity index (χ3v) is 8.02. The molecule has 0 radical (unpaired) electrons. The van der Waals surface area contributed by atoms with E-state index in [1.165, 1.54) is 0 Å². The minimum Gasteiger partial charge on any atom is -0.358 e. The second kappa shape index (κ2) is 10.8. The number of H-pyrrole nitrogens is 1. The predicted molar refractivity (Wildman–Crippen MR) is 157 cm³/mol. The van der Waals surface area contributed by atoms with Crippen LogP contribution >= 0.6 is 15.9 Å². The van der Waals surface area contributed by atoms with E-state index < -0.39 is 0 Å². The summed E-state index contributed by atoms with van der Waals surface area (Å²) in [6, 6.07) is 12.8. The average Bonchev–Trinajstić information content (AvgIpc) is 3.37. The van der Waals surface area contributed by atoms with Crippen molar-refractivity contribution in [2.75, 3.05) is 38.5 Å². The Bertz CT molecular complexity index is 1500. The van der Waals surface area contributed by atoms with Crippen molar-refractivity contribution in [1.82, 2.24) is 20.1 Å². The molecule has 8 nitrogen and oxygen atoms in total. The fourth-order valence-electron chi connectivity index (χ4n) is 5.16. The number of aryl methyl sites for hydroxylation is 1. The van der Waals surface area contributed by atoms with Gasteiger partial charge in [-0.15, -0.1) is 0 Å². The molecule has 1 unspecified atom stereocenters. The van der Waals surface area contributed by atoms with E-state index in [4.69, 9.17) is 0 Å². The molecule has 2 aliphatic rings. The van der Waals surface area contributed by atoms with Crippen molar-refractivity contribution in [3.05, 3.63) is 86.1 Å². The van der Waals surface area contributed by atoms with Gasteiger partial charge >= 0.3 is 0 Å². The highest BCUT2D eigenvalue weighted by molar-refractivity contribution is 9.10. The minimum absolute atomic E-state index is 0.00814. The molecule has 39 heavy (non-hydrogen) atoms. The maximum absolute atomic E-state index is 13.3. The van der Waals surface area contributed by atoms with Crippen LogP contribution in [-0.4, -0.2) is 65.7 Å². The van der Waals surface area contributed by atoms with E-state index in [9.17, 15) is 14.4 Å². The number of anilines is 1. The lowest BCUT2D eigenvalue weighted by molar-refractivity contribution is -0.110. The van der Waals surface area contributed by atoms with E-state index in [0.717, 1.165) is 34.4 Å². The Morgan fingerprint density at radius 1 is 1.08 bits per heavy atom. The zero-order chi connectivity index (χ0) is 27.8. The monoisotopic (exact) mass is 589 g/mol. The van der Waals surface area contributed by atoms with Gasteiger partial charge in [-0.3, -0.25) is 14.4 Å². The average molecular weight is 591 g/mol. The summed E-state index contributed by atoms with van der Waals surface area (Å²) in [5, 5.41) is 5.93. The molecule has 1 aromatic heterocycles. The summed E-state index contributed by atoms with van der Waals surface area (Å²) in [6.07, 6.45) is 1.77. The lowest BCUT2D eigenvalue weighted by atomic mass is 10.0. The standard InChI is InChI=1S/C30H32BrN5O3/c1-17-26(32-19(3)27(17)30(39)36-12-10-35(4)11-13-36)16-24-23-15-21(8-9-25(23)34-29(24)38)28(37)33-18(2)20-6-5-7-22(31)14-20/h5-9,14-16,18,32H,10-13H2,1-4H3,(H,33,37)(H,34,38). The number of aromatic amines is 1. The van der Waals surface area contributed by atoms with Crippen LogP contribution in [0.2, 0.25) is 0 Å². The molecule has 1 fully saturated rings. The molecule has 2 aromatic carbocycles. The first-order chi connectivity index (χ1) is 18.6. The molecule has 9 heteroatoms. The maximum atomic E-state index is 13.3. The van der Waals surface area contributed by atoms with Gasteiger partial charge in [0.1, 0.15) is 0 Å². The summed E-state index contributed by atoms with van der Waals surface area (Å²) in [4.78, 5) is 46.8. The highest BCUT2D eigenvalue weighted by Crippen LogP contribution is 2.35. The van der Waals surface area contributed by atoms with Crippen molar-refractivity contribution in [3.63, 3.8) is 0 Å². The molecule has 0 bridgehead atoms. The number of aromatic nitrogens is 1. The molecule has 0 aliphatic carbocycles. The van der Waals surface area contributed by atoms with Crippen molar-refractivity contribution in [2.24, 2.45) is 0 Å². The number of piperazine rings is 1. The van der Waals surface area contributed by atoms with Gasteiger partial charge in [-0.05, 0) is 75.4 Å². The molecule has 3 aromatic rings. The number of carbonyl (C=O) groups is 3. The summed E-state index contributed by atoms with van der Waals surface area (Å²) in [6.45, 7) is 8.80. The van der Waals surface area contributed by atoms with Gasteiger partial charge in [0.25, 0.3) is 17.7 Å². The molecule has 0 spiro atoms. The van der Waals surface area contributed by atoms with E-state index in [2.05, 4.69) is 43.5 Å². The van der Waals surface area contributed by atoms with Crippen LogP contribution < -0.4 is 10.6 Å². The largest absolute Gasteiger partial charge is 0.358 e. The number of likely N-dealkylation sites (N-methyl/N-ethyl adjacent to an activating group) is 1. The summed E-state index contributed by atoms with van der Waals surface area (Å²) in [7, 11) is 2.06. The topological polar surface area (TPSA) is 97.5 Å². The number of fused-ring (bicyclic) bond motifs is 1. The van der Waals surface area contributed by atoms with Gasteiger partial charge in [0.15, 0.2) is 0 Å². The van der Waals surface area contributed by atoms with Crippen molar-refractivity contribution >= 4 is 51.0 Å². The molecule has 3 amide bonds. The number of hydrogen-bond acceptors (Lipinski definition) is 4. The zero-order valence-electron chi connectivity index (χ0n) is 22.5. The summed E-state index contributed by atoms with van der Waals surface area (Å²) in [5.74, 6) is -0.464. The highest BCUT2D eigenvalue weighted by atomic mass is 79.9. The number of carbonyl (C=O) groups excluding carboxylic acids is 3. The molecule has 3 N–H and O–H groups in total. The Morgan fingerprint density at radius 2 is 1.82 bits per heavy atom. The Kier molecular flexibility index (Phi) is 7.46. The maximum Gasteiger partial charge on any atom is 0.256 e. The number of benzene rings is 2. The Morgan fingerprint density at radius 3 is 2.54 bits per heavy atom. The lowest BCUT2D eigenvalue weighted by Crippen LogP contribution is -2.47. The molecule has 1 saturated heterocycles. The predicted octanol–water partition coefficient (Wildman–Crippen LogP) is 4.77. The summed E-state index contributed by atoms with van der Waals surface area (Å²) < 4.78 is 0.946. The molecule has 5 rings (SSSR count). The van der Waals surface area contributed by atoms with Gasteiger partial charge in [0, 0.05) is 58.9 Å². The highest BCUT2D eigenvalue weighted by Gasteiger charge is 2.28. The van der Waals surface area contributed by atoms with Crippen molar-refractivity contribution in [1.29, 1.82) is 0 Å². The second-order valence-electron chi connectivity index (χ2n) is 10.3. The van der Waals surface area contributed by atoms with Crippen molar-refractivity contribution < 1.29 is 14.4 Å². The first-order valence-corrected chi connectivity index (χ1v) is 13.8. The van der Waals surface area contributed by atoms with E-state index in [-0.39, 0.29) is 23.8 Å². The first-order valence-electron chi connectivity index (χ1n) is 13.0. The normalized spacial score (nSPS) is 17.2. The van der Waals surface area contributed by atoms with Crippen LogP contribution in [0.5, 0.6) is 0 Å².